The molecule has 0 spiro atoms. The maximum atomic E-state index is 12.6. The highest BCUT2D eigenvalue weighted by atomic mass is 32.2. The molecule has 1 aliphatic rings. The van der Waals surface area contributed by atoms with Gasteiger partial charge in [0.1, 0.15) is 12.3 Å². The van der Waals surface area contributed by atoms with Gasteiger partial charge in [-0.3, -0.25) is 19.3 Å². The van der Waals surface area contributed by atoms with E-state index in [1.807, 2.05) is 19.1 Å². The van der Waals surface area contributed by atoms with Crippen LogP contribution in [-0.2, 0) is 9.59 Å². The summed E-state index contributed by atoms with van der Waals surface area (Å²) in [6.07, 6.45) is 1.42. The van der Waals surface area contributed by atoms with Crippen LogP contribution in [-0.4, -0.2) is 41.9 Å². The van der Waals surface area contributed by atoms with E-state index in [0.29, 0.717) is 22.0 Å². The molecule has 1 saturated heterocycles. The van der Waals surface area contributed by atoms with Crippen LogP contribution in [0.1, 0.15) is 15.9 Å². The molecule has 2 aromatic carbocycles. The van der Waals surface area contributed by atoms with Gasteiger partial charge in [-0.2, -0.15) is 0 Å². The van der Waals surface area contributed by atoms with Gasteiger partial charge in [0.25, 0.3) is 0 Å². The van der Waals surface area contributed by atoms with Crippen molar-refractivity contribution in [1.82, 2.24) is 4.90 Å². The first-order chi connectivity index (χ1) is 13.5. The summed E-state index contributed by atoms with van der Waals surface area (Å²) in [7, 11) is 1.52. The first-order valence-electron chi connectivity index (χ1n) is 8.67. The molecule has 2 amide bonds. The predicted molar refractivity (Wildman–Crippen MR) is 109 cm³/mol. The summed E-state index contributed by atoms with van der Waals surface area (Å²) in [4.78, 5) is 38.6. The highest BCUT2D eigenvalue weighted by molar-refractivity contribution is 8.04. The molecule has 0 aromatic heterocycles. The van der Waals surface area contributed by atoms with Gasteiger partial charge >= 0.3 is 0 Å². The molecular weight excluding hydrogens is 376 g/mol. The molecule has 6 nitrogen and oxygen atoms in total. The lowest BCUT2D eigenvalue weighted by Gasteiger charge is -2.17. The minimum absolute atomic E-state index is 0.170. The second kappa shape index (κ2) is 8.75. The number of aryl methyl sites for hydroxylation is 1. The summed E-state index contributed by atoms with van der Waals surface area (Å²) < 4.78 is 5.22. The Balaban J connectivity index is 1.74. The molecule has 28 heavy (non-hydrogen) atoms. The number of rotatable bonds is 6. The minimum Gasteiger partial charge on any atom is -0.495 e. The van der Waals surface area contributed by atoms with E-state index in [4.69, 9.17) is 4.74 Å². The van der Waals surface area contributed by atoms with Gasteiger partial charge in [0, 0.05) is 11.6 Å². The molecule has 0 radical (unpaired) electrons. The summed E-state index contributed by atoms with van der Waals surface area (Å²) in [5.74, 6) is -0.0260. The van der Waals surface area contributed by atoms with Gasteiger partial charge in [-0.25, -0.2) is 0 Å². The number of carbonyl (C=O) groups excluding carboxylic acids is 3. The van der Waals surface area contributed by atoms with Crippen LogP contribution >= 0.6 is 11.8 Å². The summed E-state index contributed by atoms with van der Waals surface area (Å²) in [6, 6.07) is 14.3. The van der Waals surface area contributed by atoms with E-state index in [1.54, 1.807) is 36.4 Å². The Morgan fingerprint density at radius 2 is 1.89 bits per heavy atom. The summed E-state index contributed by atoms with van der Waals surface area (Å²) in [5, 5.41) is 3.22. The average Bonchev–Trinajstić information content (AvgIpc) is 3.02. The molecule has 144 valence electrons. The Labute approximate surface area is 167 Å². The third-order valence-electron chi connectivity index (χ3n) is 4.26. The number of nitrogens with one attached hydrogen (secondary N) is 1. The van der Waals surface area contributed by atoms with Gasteiger partial charge in [-0.05, 0) is 24.6 Å². The molecule has 0 unspecified atom stereocenters. The van der Waals surface area contributed by atoms with Crippen LogP contribution in [0.15, 0.2) is 59.6 Å². The Bertz CT molecular complexity index is 955. The van der Waals surface area contributed by atoms with Crippen molar-refractivity contribution in [3.05, 3.63) is 70.8 Å². The predicted octanol–water partition coefficient (Wildman–Crippen LogP) is 3.24. The van der Waals surface area contributed by atoms with Gasteiger partial charge < -0.3 is 10.1 Å². The van der Waals surface area contributed by atoms with Gasteiger partial charge in [0.2, 0.25) is 11.8 Å². The first-order valence-corrected chi connectivity index (χ1v) is 9.66. The lowest BCUT2D eigenvalue weighted by molar-refractivity contribution is -0.129. The molecular formula is C21H20N2O4S. The van der Waals surface area contributed by atoms with Crippen molar-refractivity contribution >= 4 is 35.0 Å². The number of para-hydroxylation sites is 2. The molecule has 2 aromatic rings. The maximum Gasteiger partial charge on any atom is 0.244 e. The number of amides is 2. The quantitative estimate of drug-likeness (QED) is 0.599. The van der Waals surface area contributed by atoms with Crippen LogP contribution < -0.4 is 10.1 Å². The zero-order valence-electron chi connectivity index (χ0n) is 15.6. The van der Waals surface area contributed by atoms with E-state index in [2.05, 4.69) is 5.32 Å². The number of hydrogen-bond acceptors (Lipinski definition) is 5. The number of anilines is 1. The normalized spacial score (nSPS) is 15.0. The smallest absolute Gasteiger partial charge is 0.244 e. The Morgan fingerprint density at radius 3 is 2.64 bits per heavy atom. The number of methoxy groups -OCH3 is 1. The van der Waals surface area contributed by atoms with E-state index < -0.39 is 0 Å². The fourth-order valence-corrected chi connectivity index (χ4v) is 3.76. The average molecular weight is 396 g/mol. The molecule has 0 saturated carbocycles. The van der Waals surface area contributed by atoms with Crippen LogP contribution in [0.4, 0.5) is 5.69 Å². The van der Waals surface area contributed by atoms with Crippen LogP contribution in [0.25, 0.3) is 0 Å². The second-order valence-corrected chi connectivity index (χ2v) is 7.17. The van der Waals surface area contributed by atoms with E-state index in [0.717, 1.165) is 5.56 Å². The molecule has 3 rings (SSSR count). The van der Waals surface area contributed by atoms with Gasteiger partial charge in [0.15, 0.2) is 5.78 Å². The fourth-order valence-electron chi connectivity index (χ4n) is 2.82. The molecule has 1 fully saturated rings. The number of hydrogen-bond donors (Lipinski definition) is 1. The number of thioether (sulfide) groups is 1. The van der Waals surface area contributed by atoms with Gasteiger partial charge in [0.05, 0.1) is 23.6 Å². The van der Waals surface area contributed by atoms with E-state index >= 15 is 0 Å². The van der Waals surface area contributed by atoms with Crippen molar-refractivity contribution in [3.8, 4) is 5.75 Å². The number of carbonyl (C=O) groups is 3. The summed E-state index contributed by atoms with van der Waals surface area (Å²) in [6.45, 7) is 1.69. The highest BCUT2D eigenvalue weighted by Crippen LogP contribution is 2.30. The number of ketones is 1. The zero-order valence-corrected chi connectivity index (χ0v) is 16.4. The Hall–Kier alpha value is -3.06. The lowest BCUT2D eigenvalue weighted by atomic mass is 10.1. The molecule has 7 heteroatoms. The van der Waals surface area contributed by atoms with Crippen LogP contribution in [0.5, 0.6) is 5.75 Å². The number of nitrogens with zero attached hydrogens (tertiary/aromatic N) is 1. The largest absolute Gasteiger partial charge is 0.495 e. The number of ether oxygens (including phenoxy) is 1. The first kappa shape index (κ1) is 19.7. The SMILES string of the molecule is COc1ccccc1NC(=O)CN1C(=O)CS/C1=C\C(=O)c1ccccc1C. The van der Waals surface area contributed by atoms with Crippen molar-refractivity contribution < 1.29 is 19.1 Å². The third-order valence-corrected chi connectivity index (χ3v) is 5.28. The minimum atomic E-state index is -0.366. The zero-order chi connectivity index (χ0) is 20.1. The fraction of sp³-hybridized carbons (Fsp3) is 0.190. The van der Waals surface area contributed by atoms with Crippen molar-refractivity contribution in [2.45, 2.75) is 6.92 Å². The molecule has 0 atom stereocenters. The molecule has 0 aliphatic carbocycles. The number of allylic oxidation sites excluding steroid dienone is 1. The summed E-state index contributed by atoms with van der Waals surface area (Å²) in [5.41, 5.74) is 1.96. The molecule has 1 heterocycles. The standard InChI is InChI=1S/C21H20N2O4S/c1-14-7-3-4-8-15(14)17(24)11-21-23(20(26)13-28-21)12-19(25)22-16-9-5-6-10-18(16)27-2/h3-11H,12-13H2,1-2H3,(H,22,25)/b21-11-. The van der Waals surface area contributed by atoms with Crippen LogP contribution in [0.2, 0.25) is 0 Å². The Kier molecular flexibility index (Phi) is 6.16. The Morgan fingerprint density at radius 1 is 1.18 bits per heavy atom. The lowest BCUT2D eigenvalue weighted by Crippen LogP contribution is -2.34. The molecule has 1 N–H and O–H groups in total. The highest BCUT2D eigenvalue weighted by Gasteiger charge is 2.29. The van der Waals surface area contributed by atoms with Gasteiger partial charge in [-0.15, -0.1) is 0 Å². The molecule has 1 aliphatic heterocycles. The molecule has 0 bridgehead atoms. The van der Waals surface area contributed by atoms with Crippen molar-refractivity contribution in [3.63, 3.8) is 0 Å². The van der Waals surface area contributed by atoms with Crippen molar-refractivity contribution in [1.29, 1.82) is 0 Å². The topological polar surface area (TPSA) is 75.7 Å². The van der Waals surface area contributed by atoms with E-state index in [-0.39, 0.29) is 29.9 Å². The van der Waals surface area contributed by atoms with Gasteiger partial charge in [-0.1, -0.05) is 48.2 Å². The van der Waals surface area contributed by atoms with Crippen molar-refractivity contribution in [2.75, 3.05) is 24.7 Å². The summed E-state index contributed by atoms with van der Waals surface area (Å²) >= 11 is 1.26. The van der Waals surface area contributed by atoms with E-state index in [9.17, 15) is 14.4 Å². The van der Waals surface area contributed by atoms with Crippen LogP contribution in [0, 0.1) is 6.92 Å². The number of benzene rings is 2. The van der Waals surface area contributed by atoms with Crippen molar-refractivity contribution in [2.24, 2.45) is 0 Å². The third kappa shape index (κ3) is 4.43. The monoisotopic (exact) mass is 396 g/mol. The van der Waals surface area contributed by atoms with E-state index in [1.165, 1.54) is 29.8 Å². The second-order valence-electron chi connectivity index (χ2n) is 6.18. The van der Waals surface area contributed by atoms with Crippen LogP contribution in [0.3, 0.4) is 0 Å². The maximum absolute atomic E-state index is 12.6.